The summed E-state index contributed by atoms with van der Waals surface area (Å²) in [6, 6.07) is 3.10. The summed E-state index contributed by atoms with van der Waals surface area (Å²) in [7, 11) is -2.04. The van der Waals surface area contributed by atoms with Crippen LogP contribution in [-0.2, 0) is 37.2 Å². The highest BCUT2D eigenvalue weighted by molar-refractivity contribution is 7.48. The summed E-state index contributed by atoms with van der Waals surface area (Å²) in [5, 5.41) is 16.6. The molecule has 0 N–H and O–H groups in total. The molecule has 0 rings (SSSR count). The molecule has 0 amide bonds. The predicted molar refractivity (Wildman–Crippen MR) is 64.3 cm³/mol. The van der Waals surface area contributed by atoms with E-state index < -0.39 is 45.5 Å². The average Bonchev–Trinajstić information content (AvgIpc) is 2.49. The average molecular weight is 320 g/mol. The summed E-state index contributed by atoms with van der Waals surface area (Å²) in [4.78, 5) is 23.0. The van der Waals surface area contributed by atoms with Gasteiger partial charge in [-0.05, 0) is 0 Å². The predicted octanol–water partition coefficient (Wildman–Crippen LogP) is 0.296. The van der Waals surface area contributed by atoms with Gasteiger partial charge in [-0.25, -0.2) is 9.36 Å². The molecule has 0 saturated heterocycles. The number of hydrogen-bond donors (Lipinski definition) is 0. The van der Waals surface area contributed by atoms with E-state index in [1.807, 2.05) is 0 Å². The van der Waals surface area contributed by atoms with Gasteiger partial charge in [-0.1, -0.05) is 0 Å². The van der Waals surface area contributed by atoms with Gasteiger partial charge in [0.15, 0.2) is 19.3 Å². The van der Waals surface area contributed by atoms with Crippen LogP contribution in [0, 0.1) is 22.7 Å². The van der Waals surface area contributed by atoms with Crippen LogP contribution in [0.5, 0.6) is 0 Å². The van der Waals surface area contributed by atoms with Crippen molar-refractivity contribution < 1.29 is 37.2 Å². The van der Waals surface area contributed by atoms with Crippen molar-refractivity contribution in [2.45, 2.75) is 12.5 Å². The first-order chi connectivity index (χ1) is 9.92. The van der Waals surface area contributed by atoms with Crippen molar-refractivity contribution in [1.29, 1.82) is 10.5 Å². The van der Waals surface area contributed by atoms with Gasteiger partial charge in [-0.15, -0.1) is 0 Å². The molecule has 10 nitrogen and oxygen atoms in total. The van der Waals surface area contributed by atoms with Crippen molar-refractivity contribution in [3.63, 3.8) is 0 Å². The molecule has 0 heterocycles. The van der Waals surface area contributed by atoms with E-state index in [1.165, 1.54) is 0 Å². The van der Waals surface area contributed by atoms with Crippen molar-refractivity contribution in [3.05, 3.63) is 0 Å². The fourth-order valence-electron chi connectivity index (χ4n) is 0.999. The number of esters is 2. The molecule has 21 heavy (non-hydrogen) atoms. The van der Waals surface area contributed by atoms with E-state index in [2.05, 4.69) is 18.5 Å². The van der Waals surface area contributed by atoms with Gasteiger partial charge in [-0.3, -0.25) is 18.4 Å². The number of hydrogen-bond acceptors (Lipinski definition) is 10. The van der Waals surface area contributed by atoms with Gasteiger partial charge >= 0.3 is 19.8 Å². The number of nitrogens with zero attached hydrogens (tertiary/aromatic N) is 2. The van der Waals surface area contributed by atoms with Crippen LogP contribution >= 0.6 is 7.82 Å². The fraction of sp³-hybridized carbons (Fsp3) is 0.600. The summed E-state index contributed by atoms with van der Waals surface area (Å²) in [5.74, 6) is -2.09. The van der Waals surface area contributed by atoms with E-state index >= 15 is 0 Å². The number of carbonyl (C=O) groups is 2. The van der Waals surface area contributed by atoms with Crippen LogP contribution in [0.25, 0.3) is 0 Å². The highest BCUT2D eigenvalue weighted by Gasteiger charge is 2.35. The van der Waals surface area contributed by atoms with Crippen LogP contribution in [0.3, 0.4) is 0 Å². The highest BCUT2D eigenvalue weighted by Crippen LogP contribution is 2.49. The molecule has 0 aliphatic carbocycles. The van der Waals surface area contributed by atoms with Crippen LogP contribution in [0.15, 0.2) is 0 Å². The van der Waals surface area contributed by atoms with Gasteiger partial charge in [0.2, 0.25) is 0 Å². The maximum Gasteiger partial charge on any atom is 0.475 e. The molecule has 1 atom stereocenters. The highest BCUT2D eigenvalue weighted by atomic mass is 31.2. The van der Waals surface area contributed by atoms with Gasteiger partial charge in [0.25, 0.3) is 0 Å². The summed E-state index contributed by atoms with van der Waals surface area (Å²) in [6.07, 6.45) is -2.36. The SMILES string of the molecule is COP(=O)(OC)OC(CC(=O)OCC#N)C(=O)OCC#N. The van der Waals surface area contributed by atoms with E-state index in [4.69, 9.17) is 15.0 Å². The number of carbonyl (C=O) groups excluding carboxylic acids is 2. The molecule has 0 spiro atoms. The molecule has 0 fully saturated rings. The van der Waals surface area contributed by atoms with Crippen LogP contribution in [0.2, 0.25) is 0 Å². The maximum atomic E-state index is 11.8. The standard InChI is InChI=1S/C10H13N2O8P/c1-16-21(15,17-2)20-8(10(14)19-6-4-12)7-9(13)18-5-3-11/h8H,5-7H2,1-2H3. The Kier molecular flexibility index (Phi) is 8.93. The van der Waals surface area contributed by atoms with Crippen molar-refractivity contribution in [2.75, 3.05) is 27.4 Å². The molecule has 0 aliphatic rings. The lowest BCUT2D eigenvalue weighted by Crippen LogP contribution is -2.29. The first-order valence-corrected chi connectivity index (χ1v) is 6.84. The van der Waals surface area contributed by atoms with Gasteiger partial charge in [0, 0.05) is 14.2 Å². The molecule has 1 unspecified atom stereocenters. The van der Waals surface area contributed by atoms with E-state index in [0.29, 0.717) is 0 Å². The Labute approximate surface area is 120 Å². The number of phosphoric ester groups is 1. The molecule has 0 saturated carbocycles. The van der Waals surface area contributed by atoms with Gasteiger partial charge < -0.3 is 9.47 Å². The molecule has 0 bridgehead atoms. The number of ether oxygens (including phenoxy) is 2. The van der Waals surface area contributed by atoms with Crippen molar-refractivity contribution >= 4 is 19.8 Å². The molecule has 0 radical (unpaired) electrons. The molecule has 0 aliphatic heterocycles. The Morgan fingerprint density at radius 3 is 2.10 bits per heavy atom. The summed E-state index contributed by atoms with van der Waals surface area (Å²) in [5.41, 5.74) is 0. The quantitative estimate of drug-likeness (QED) is 0.429. The minimum absolute atomic E-state index is 0.523. The fourth-order valence-corrected chi connectivity index (χ4v) is 1.79. The first kappa shape index (κ1) is 19.0. The zero-order chi connectivity index (χ0) is 16.3. The Bertz CT molecular complexity index is 486. The van der Waals surface area contributed by atoms with Crippen LogP contribution in [-0.4, -0.2) is 45.5 Å². The van der Waals surface area contributed by atoms with E-state index in [1.54, 1.807) is 12.1 Å². The lowest BCUT2D eigenvalue weighted by Gasteiger charge is -2.19. The molecule has 0 aromatic heterocycles. The Balaban J connectivity index is 4.89. The van der Waals surface area contributed by atoms with Crippen LogP contribution < -0.4 is 0 Å². The Hall–Kier alpha value is -1.97. The lowest BCUT2D eigenvalue weighted by atomic mass is 10.2. The van der Waals surface area contributed by atoms with E-state index in [-0.39, 0.29) is 0 Å². The van der Waals surface area contributed by atoms with Gasteiger partial charge in [0.1, 0.15) is 12.1 Å². The third-order valence-corrected chi connectivity index (χ3v) is 3.30. The molecule has 116 valence electrons. The molecular weight excluding hydrogens is 307 g/mol. The zero-order valence-electron chi connectivity index (χ0n) is 11.3. The van der Waals surface area contributed by atoms with Crippen molar-refractivity contribution in [3.8, 4) is 12.1 Å². The number of nitriles is 2. The summed E-state index contributed by atoms with van der Waals surface area (Å²) in [6.45, 7) is -1.11. The largest absolute Gasteiger partial charge is 0.475 e. The minimum Gasteiger partial charge on any atom is -0.450 e. The van der Waals surface area contributed by atoms with E-state index in [0.717, 1.165) is 14.2 Å². The molecule has 0 aromatic rings. The molecular formula is C10H13N2O8P. The van der Waals surface area contributed by atoms with Gasteiger partial charge in [-0.2, -0.15) is 10.5 Å². The third kappa shape index (κ3) is 7.40. The normalized spacial score (nSPS) is 11.8. The zero-order valence-corrected chi connectivity index (χ0v) is 12.2. The smallest absolute Gasteiger partial charge is 0.450 e. The Morgan fingerprint density at radius 1 is 1.10 bits per heavy atom. The third-order valence-electron chi connectivity index (χ3n) is 1.90. The molecule has 11 heteroatoms. The van der Waals surface area contributed by atoms with Crippen molar-refractivity contribution in [2.24, 2.45) is 0 Å². The maximum absolute atomic E-state index is 11.8. The van der Waals surface area contributed by atoms with E-state index in [9.17, 15) is 14.2 Å². The van der Waals surface area contributed by atoms with Crippen molar-refractivity contribution in [1.82, 2.24) is 0 Å². The van der Waals surface area contributed by atoms with Gasteiger partial charge in [0.05, 0.1) is 6.42 Å². The lowest BCUT2D eigenvalue weighted by molar-refractivity contribution is -0.158. The second-order valence-corrected chi connectivity index (χ2v) is 5.03. The molecule has 0 aromatic carbocycles. The van der Waals surface area contributed by atoms with Crippen LogP contribution in [0.4, 0.5) is 0 Å². The summed E-state index contributed by atoms with van der Waals surface area (Å²) >= 11 is 0. The number of rotatable bonds is 9. The monoisotopic (exact) mass is 320 g/mol. The number of phosphoric acid groups is 1. The second-order valence-electron chi connectivity index (χ2n) is 3.20. The first-order valence-electron chi connectivity index (χ1n) is 5.38. The summed E-state index contributed by atoms with van der Waals surface area (Å²) < 4.78 is 34.4. The topological polar surface area (TPSA) is 145 Å². The minimum atomic E-state index is -4.06. The Morgan fingerprint density at radius 2 is 1.62 bits per heavy atom. The second kappa shape index (κ2) is 9.86. The van der Waals surface area contributed by atoms with Crippen LogP contribution in [0.1, 0.15) is 6.42 Å².